The number of aliphatic carboxylic acids is 1. The molecule has 1 aliphatic rings. The van der Waals surface area contributed by atoms with Crippen LogP contribution in [0.1, 0.15) is 21.6 Å². The fourth-order valence-electron chi connectivity index (χ4n) is 3.46. The Kier molecular flexibility index (Phi) is 4.13. The summed E-state index contributed by atoms with van der Waals surface area (Å²) in [7, 11) is 0. The highest BCUT2D eigenvalue weighted by Gasteiger charge is 2.37. The number of nitrogens with zero attached hydrogens (tertiary/aromatic N) is 1. The molecule has 2 N–H and O–H groups in total. The number of amides is 1. The van der Waals surface area contributed by atoms with Crippen LogP contribution in [0.3, 0.4) is 0 Å². The van der Waals surface area contributed by atoms with Crippen molar-refractivity contribution in [1.82, 2.24) is 9.88 Å². The first kappa shape index (κ1) is 16.9. The molecule has 1 aliphatic heterocycles. The summed E-state index contributed by atoms with van der Waals surface area (Å²) in [5.74, 6) is -1.47. The molecule has 1 amide bonds. The molecular formula is C19H14Cl2N2O3. The van der Waals surface area contributed by atoms with E-state index in [4.69, 9.17) is 23.2 Å². The van der Waals surface area contributed by atoms with Crippen LogP contribution in [0.15, 0.2) is 42.5 Å². The number of halogens is 2. The summed E-state index contributed by atoms with van der Waals surface area (Å²) in [5.41, 5.74) is 2.96. The van der Waals surface area contributed by atoms with E-state index in [1.165, 1.54) is 17.0 Å². The zero-order chi connectivity index (χ0) is 18.4. The van der Waals surface area contributed by atoms with Crippen molar-refractivity contribution in [2.75, 3.05) is 0 Å². The average Bonchev–Trinajstić information content (AvgIpc) is 2.97. The van der Waals surface area contributed by atoms with Gasteiger partial charge in [0.25, 0.3) is 5.91 Å². The number of rotatable bonds is 2. The third-order valence-electron chi connectivity index (χ3n) is 4.71. The van der Waals surface area contributed by atoms with E-state index >= 15 is 0 Å². The summed E-state index contributed by atoms with van der Waals surface area (Å²) < 4.78 is 0. The molecule has 0 fully saturated rings. The van der Waals surface area contributed by atoms with Crippen LogP contribution < -0.4 is 0 Å². The molecule has 0 aliphatic carbocycles. The average molecular weight is 389 g/mol. The van der Waals surface area contributed by atoms with E-state index in [1.807, 2.05) is 24.3 Å². The van der Waals surface area contributed by atoms with E-state index in [0.29, 0.717) is 5.02 Å². The quantitative estimate of drug-likeness (QED) is 0.692. The van der Waals surface area contributed by atoms with Crippen molar-refractivity contribution in [3.05, 3.63) is 69.3 Å². The highest BCUT2D eigenvalue weighted by Crippen LogP contribution is 2.32. The van der Waals surface area contributed by atoms with Gasteiger partial charge in [0.05, 0.1) is 17.1 Å². The van der Waals surface area contributed by atoms with E-state index in [2.05, 4.69) is 4.98 Å². The van der Waals surface area contributed by atoms with Gasteiger partial charge in [-0.25, -0.2) is 4.79 Å². The van der Waals surface area contributed by atoms with E-state index in [0.717, 1.165) is 22.2 Å². The number of aromatic amines is 1. The molecule has 0 bridgehead atoms. The summed E-state index contributed by atoms with van der Waals surface area (Å²) in [6.07, 6.45) is 0.242. The first-order chi connectivity index (χ1) is 12.5. The summed E-state index contributed by atoms with van der Waals surface area (Å²) in [5, 5.41) is 11.3. The predicted octanol–water partition coefficient (Wildman–Crippen LogP) is 4.13. The van der Waals surface area contributed by atoms with Gasteiger partial charge in [-0.05, 0) is 29.8 Å². The highest BCUT2D eigenvalue weighted by atomic mass is 35.5. The van der Waals surface area contributed by atoms with Crippen molar-refractivity contribution in [2.45, 2.75) is 19.0 Å². The minimum absolute atomic E-state index is 0.179. The largest absolute Gasteiger partial charge is 0.480 e. The Labute approximate surface area is 159 Å². The second-order valence-electron chi connectivity index (χ2n) is 6.24. The molecule has 1 aromatic heterocycles. The summed E-state index contributed by atoms with van der Waals surface area (Å²) >= 11 is 12.0. The summed E-state index contributed by atoms with van der Waals surface area (Å²) in [6, 6.07) is 11.3. The number of carboxylic acids is 1. The number of carbonyl (C=O) groups excluding carboxylic acids is 1. The number of nitrogens with one attached hydrogen (secondary N) is 1. The number of aromatic nitrogens is 1. The van der Waals surface area contributed by atoms with Gasteiger partial charge in [-0.3, -0.25) is 4.79 Å². The number of benzene rings is 2. The maximum atomic E-state index is 13.0. The number of carbonyl (C=O) groups is 2. The molecule has 2 aromatic carbocycles. The molecule has 0 saturated carbocycles. The van der Waals surface area contributed by atoms with Crippen LogP contribution >= 0.6 is 23.2 Å². The van der Waals surface area contributed by atoms with Gasteiger partial charge < -0.3 is 15.0 Å². The van der Waals surface area contributed by atoms with Crippen LogP contribution in [0.4, 0.5) is 0 Å². The number of carboxylic acid groups (broad SMARTS) is 1. The fraction of sp³-hybridized carbons (Fsp3) is 0.158. The Morgan fingerprint density at radius 1 is 1.15 bits per heavy atom. The Morgan fingerprint density at radius 3 is 2.65 bits per heavy atom. The van der Waals surface area contributed by atoms with Crippen LogP contribution in [0, 0.1) is 0 Å². The topological polar surface area (TPSA) is 73.4 Å². The lowest BCUT2D eigenvalue weighted by Gasteiger charge is -2.33. The van der Waals surface area contributed by atoms with Gasteiger partial charge in [-0.2, -0.15) is 0 Å². The van der Waals surface area contributed by atoms with Crippen molar-refractivity contribution in [2.24, 2.45) is 0 Å². The minimum Gasteiger partial charge on any atom is -0.480 e. The first-order valence-corrected chi connectivity index (χ1v) is 8.78. The standard InChI is InChI=1S/C19H14Cl2N2O3/c20-10-5-6-12(14(21)7-10)18(24)23-9-16-13(8-17(23)19(25)26)11-3-1-2-4-15(11)22-16/h1-7,17,22H,8-9H2,(H,25,26). The van der Waals surface area contributed by atoms with Crippen LogP contribution in [-0.4, -0.2) is 32.9 Å². The molecule has 0 saturated heterocycles. The number of hydrogen-bond donors (Lipinski definition) is 2. The van der Waals surface area contributed by atoms with Gasteiger partial charge in [-0.1, -0.05) is 41.4 Å². The molecule has 0 spiro atoms. The normalized spacial score (nSPS) is 16.5. The van der Waals surface area contributed by atoms with Crippen molar-refractivity contribution in [3.63, 3.8) is 0 Å². The van der Waals surface area contributed by atoms with E-state index in [1.54, 1.807) is 6.07 Å². The molecular weight excluding hydrogens is 375 g/mol. The Morgan fingerprint density at radius 2 is 1.92 bits per heavy atom. The van der Waals surface area contributed by atoms with Gasteiger partial charge in [0.2, 0.25) is 0 Å². The van der Waals surface area contributed by atoms with E-state index < -0.39 is 17.9 Å². The van der Waals surface area contributed by atoms with Crippen LogP contribution in [0.5, 0.6) is 0 Å². The lowest BCUT2D eigenvalue weighted by atomic mass is 9.96. The molecule has 7 heteroatoms. The second-order valence-corrected chi connectivity index (χ2v) is 7.09. The van der Waals surface area contributed by atoms with Gasteiger partial charge in [-0.15, -0.1) is 0 Å². The number of hydrogen-bond acceptors (Lipinski definition) is 2. The van der Waals surface area contributed by atoms with Gasteiger partial charge in [0, 0.05) is 28.0 Å². The molecule has 1 atom stereocenters. The van der Waals surface area contributed by atoms with Gasteiger partial charge >= 0.3 is 5.97 Å². The van der Waals surface area contributed by atoms with Crippen molar-refractivity contribution >= 4 is 46.0 Å². The third-order valence-corrected chi connectivity index (χ3v) is 5.26. The smallest absolute Gasteiger partial charge is 0.326 e. The molecule has 132 valence electrons. The van der Waals surface area contributed by atoms with Gasteiger partial charge in [0.1, 0.15) is 6.04 Å². The molecule has 0 radical (unpaired) electrons. The Bertz CT molecular complexity index is 1040. The summed E-state index contributed by atoms with van der Waals surface area (Å²) in [4.78, 5) is 29.5. The molecule has 4 rings (SSSR count). The lowest BCUT2D eigenvalue weighted by molar-refractivity contribution is -0.142. The fourth-order valence-corrected chi connectivity index (χ4v) is 3.95. The number of H-pyrrole nitrogens is 1. The summed E-state index contributed by atoms with van der Waals surface area (Å²) in [6.45, 7) is 0.179. The van der Waals surface area contributed by atoms with Crippen LogP contribution in [0.2, 0.25) is 10.0 Å². The van der Waals surface area contributed by atoms with Crippen molar-refractivity contribution < 1.29 is 14.7 Å². The first-order valence-electron chi connectivity index (χ1n) is 8.03. The van der Waals surface area contributed by atoms with Crippen LogP contribution in [-0.2, 0) is 17.8 Å². The highest BCUT2D eigenvalue weighted by molar-refractivity contribution is 6.36. The predicted molar refractivity (Wildman–Crippen MR) is 99.8 cm³/mol. The monoisotopic (exact) mass is 388 g/mol. The number of fused-ring (bicyclic) bond motifs is 3. The molecule has 3 aromatic rings. The van der Waals surface area contributed by atoms with Crippen molar-refractivity contribution in [3.8, 4) is 0 Å². The zero-order valence-electron chi connectivity index (χ0n) is 13.5. The van der Waals surface area contributed by atoms with E-state index in [-0.39, 0.29) is 23.6 Å². The van der Waals surface area contributed by atoms with Gasteiger partial charge in [0.15, 0.2) is 0 Å². The maximum absolute atomic E-state index is 13.0. The van der Waals surface area contributed by atoms with Crippen LogP contribution in [0.25, 0.3) is 10.9 Å². The molecule has 1 unspecified atom stereocenters. The Balaban J connectivity index is 1.77. The second kappa shape index (κ2) is 6.34. The molecule has 5 nitrogen and oxygen atoms in total. The number of para-hydroxylation sites is 1. The van der Waals surface area contributed by atoms with Crippen molar-refractivity contribution in [1.29, 1.82) is 0 Å². The zero-order valence-corrected chi connectivity index (χ0v) is 15.0. The lowest BCUT2D eigenvalue weighted by Crippen LogP contribution is -2.48. The maximum Gasteiger partial charge on any atom is 0.326 e. The SMILES string of the molecule is O=C(O)C1Cc2c([nH]c3ccccc23)CN1C(=O)c1ccc(Cl)cc1Cl. The third kappa shape index (κ3) is 2.73. The van der Waals surface area contributed by atoms with E-state index in [9.17, 15) is 14.7 Å². The Hall–Kier alpha value is -2.50. The minimum atomic E-state index is -1.04. The molecule has 2 heterocycles. The molecule has 26 heavy (non-hydrogen) atoms.